The number of carbonyl (C=O) groups is 1. The number of ether oxygens (including phenoxy) is 2. The zero-order chi connectivity index (χ0) is 24.1. The summed E-state index contributed by atoms with van der Waals surface area (Å²) >= 11 is 0. The maximum Gasteiger partial charge on any atom is 0.422 e. The molecule has 1 aromatic rings. The Kier molecular flexibility index (Phi) is 7.52. The number of rotatable bonds is 5. The van der Waals surface area contributed by atoms with Gasteiger partial charge in [0.1, 0.15) is 17.4 Å². The Hall–Kier alpha value is -3.54. The molecule has 0 spiro atoms. The van der Waals surface area contributed by atoms with Crippen LogP contribution in [0.25, 0.3) is 0 Å². The molecule has 174 valence electrons. The van der Waals surface area contributed by atoms with Crippen molar-refractivity contribution in [2.24, 2.45) is 4.99 Å². The highest BCUT2D eigenvalue weighted by Gasteiger charge is 2.30. The van der Waals surface area contributed by atoms with Crippen molar-refractivity contribution in [3.05, 3.63) is 59.3 Å². The van der Waals surface area contributed by atoms with E-state index in [9.17, 15) is 39.9 Å². The molecule has 0 radical (unpaired) electrons. The summed E-state index contributed by atoms with van der Waals surface area (Å²) in [6.45, 7) is -3.60. The first-order valence-electron chi connectivity index (χ1n) is 8.39. The third-order valence-electron chi connectivity index (χ3n) is 3.43. The molecule has 32 heavy (non-hydrogen) atoms. The van der Waals surface area contributed by atoms with Gasteiger partial charge >= 0.3 is 18.4 Å². The van der Waals surface area contributed by atoms with Crippen LogP contribution in [-0.4, -0.2) is 44.5 Å². The van der Waals surface area contributed by atoms with Crippen molar-refractivity contribution >= 4 is 17.6 Å². The minimum Gasteiger partial charge on any atom is -0.483 e. The molecule has 1 heterocycles. The molecule has 0 saturated carbocycles. The molecule has 0 aliphatic carbocycles. The van der Waals surface area contributed by atoms with Gasteiger partial charge in [-0.25, -0.2) is 13.6 Å². The van der Waals surface area contributed by atoms with Gasteiger partial charge in [0.25, 0.3) is 0 Å². The molecule has 0 bridgehead atoms. The van der Waals surface area contributed by atoms with Gasteiger partial charge in [-0.15, -0.1) is 0 Å². The van der Waals surface area contributed by atoms with E-state index in [1.165, 1.54) is 0 Å². The van der Waals surface area contributed by atoms with Crippen molar-refractivity contribution in [1.82, 2.24) is 5.32 Å². The van der Waals surface area contributed by atoms with Gasteiger partial charge in [-0.3, -0.25) is 10.2 Å². The highest BCUT2D eigenvalue weighted by Crippen LogP contribution is 2.21. The van der Waals surface area contributed by atoms with Gasteiger partial charge in [-0.2, -0.15) is 31.3 Å². The number of aliphatic imine (C=N–C) groups is 1. The quantitative estimate of drug-likeness (QED) is 0.506. The Balaban J connectivity index is 2.24. The molecular formula is C18H13F8N3O3. The Morgan fingerprint density at radius 3 is 2.31 bits per heavy atom. The predicted octanol–water partition coefficient (Wildman–Crippen LogP) is 4.56. The summed E-state index contributed by atoms with van der Waals surface area (Å²) < 4.78 is 110. The third kappa shape index (κ3) is 7.95. The fourth-order valence-corrected chi connectivity index (χ4v) is 2.07. The van der Waals surface area contributed by atoms with Gasteiger partial charge in [0, 0.05) is 25.3 Å². The van der Waals surface area contributed by atoms with Crippen molar-refractivity contribution < 1.29 is 49.4 Å². The molecule has 1 aromatic carbocycles. The van der Waals surface area contributed by atoms with Gasteiger partial charge < -0.3 is 9.47 Å². The first-order valence-corrected chi connectivity index (χ1v) is 8.39. The van der Waals surface area contributed by atoms with Crippen LogP contribution in [0.4, 0.5) is 45.6 Å². The molecule has 1 N–H and O–H groups in total. The van der Waals surface area contributed by atoms with Crippen LogP contribution in [0.5, 0.6) is 0 Å². The van der Waals surface area contributed by atoms with E-state index in [2.05, 4.69) is 25.5 Å². The van der Waals surface area contributed by atoms with Gasteiger partial charge in [-0.1, -0.05) is 5.73 Å². The fourth-order valence-electron chi connectivity index (χ4n) is 2.07. The molecule has 0 fully saturated rings. The summed E-state index contributed by atoms with van der Waals surface area (Å²) in [5, 5.41) is 2.06. The number of nitrogens with one attached hydrogen (secondary N) is 1. The summed E-state index contributed by atoms with van der Waals surface area (Å²) in [5.74, 6) is -4.02. The summed E-state index contributed by atoms with van der Waals surface area (Å²) in [5.41, 5.74) is 1.87. The lowest BCUT2D eigenvalue weighted by atomic mass is 10.3. The van der Waals surface area contributed by atoms with E-state index in [-0.39, 0.29) is 5.69 Å². The first-order chi connectivity index (χ1) is 14.7. The van der Waals surface area contributed by atoms with Crippen LogP contribution < -0.4 is 10.2 Å². The molecule has 14 heteroatoms. The number of anilines is 1. The van der Waals surface area contributed by atoms with E-state index < -0.39 is 60.7 Å². The molecule has 2 rings (SSSR count). The van der Waals surface area contributed by atoms with Crippen LogP contribution in [-0.2, 0) is 9.47 Å². The topological polar surface area (TPSA) is 63.2 Å². The summed E-state index contributed by atoms with van der Waals surface area (Å²) in [6.07, 6.45) is -8.13. The van der Waals surface area contributed by atoms with Crippen molar-refractivity contribution in [2.75, 3.05) is 25.2 Å². The predicted molar refractivity (Wildman–Crippen MR) is 94.4 cm³/mol. The van der Waals surface area contributed by atoms with E-state index in [1.807, 2.05) is 0 Å². The number of nitrogens with zero attached hydrogens (tertiary/aromatic N) is 2. The summed E-state index contributed by atoms with van der Waals surface area (Å²) in [7, 11) is 1.09. The molecule has 1 aliphatic rings. The van der Waals surface area contributed by atoms with Crippen molar-refractivity contribution in [2.45, 2.75) is 12.4 Å². The average molecular weight is 471 g/mol. The summed E-state index contributed by atoms with van der Waals surface area (Å²) in [4.78, 5) is 16.5. The van der Waals surface area contributed by atoms with Gasteiger partial charge in [-0.05, 0) is 12.1 Å². The van der Waals surface area contributed by atoms with Crippen LogP contribution in [0.2, 0.25) is 0 Å². The second-order valence-corrected chi connectivity index (χ2v) is 6.03. The lowest BCUT2D eigenvalue weighted by Crippen LogP contribution is -2.37. The molecule has 0 aromatic heterocycles. The maximum atomic E-state index is 13.9. The zero-order valence-corrected chi connectivity index (χ0v) is 15.9. The SMILES string of the molecule is CN(C(=O)NC1=C=CC(OCC(F)(F)F)=CC(OCC(F)(F)F)=N1)c1ccc(F)cc1F. The zero-order valence-electron chi connectivity index (χ0n) is 15.9. The lowest BCUT2D eigenvalue weighted by Gasteiger charge is -2.18. The molecule has 2 amide bonds. The largest absolute Gasteiger partial charge is 0.483 e. The number of amides is 2. The van der Waals surface area contributed by atoms with Crippen molar-refractivity contribution in [3.8, 4) is 0 Å². The molecule has 0 saturated heterocycles. The Bertz CT molecular complexity index is 992. The van der Waals surface area contributed by atoms with Crippen molar-refractivity contribution in [1.29, 1.82) is 0 Å². The van der Waals surface area contributed by atoms with Crippen LogP contribution in [0, 0.1) is 11.6 Å². The van der Waals surface area contributed by atoms with Gasteiger partial charge in [0.15, 0.2) is 19.0 Å². The number of hydrogen-bond acceptors (Lipinski definition) is 4. The molecular weight excluding hydrogens is 458 g/mol. The third-order valence-corrected chi connectivity index (χ3v) is 3.43. The normalized spacial score (nSPS) is 14.1. The van der Waals surface area contributed by atoms with E-state index >= 15 is 0 Å². The second-order valence-electron chi connectivity index (χ2n) is 6.03. The summed E-state index contributed by atoms with van der Waals surface area (Å²) in [6, 6.07) is 1.26. The number of carbonyl (C=O) groups excluding carboxylic acids is 1. The Labute approximate surface area is 175 Å². The maximum absolute atomic E-state index is 13.9. The van der Waals surface area contributed by atoms with E-state index in [1.54, 1.807) is 0 Å². The van der Waals surface area contributed by atoms with Crippen LogP contribution in [0.15, 0.2) is 52.7 Å². The van der Waals surface area contributed by atoms with Crippen LogP contribution in [0.3, 0.4) is 0 Å². The second kappa shape index (κ2) is 9.73. The number of benzene rings is 1. The Morgan fingerprint density at radius 2 is 1.72 bits per heavy atom. The fraction of sp³-hybridized carbons (Fsp3) is 0.278. The number of allylic oxidation sites excluding steroid dienone is 1. The lowest BCUT2D eigenvalue weighted by molar-refractivity contribution is -0.163. The minimum absolute atomic E-state index is 0.355. The highest BCUT2D eigenvalue weighted by molar-refractivity contribution is 5.94. The average Bonchev–Trinajstić information content (AvgIpc) is 2.85. The number of urea groups is 1. The number of halogens is 8. The van der Waals surface area contributed by atoms with Crippen LogP contribution in [0.1, 0.15) is 0 Å². The van der Waals surface area contributed by atoms with E-state index in [0.29, 0.717) is 17.0 Å². The smallest absolute Gasteiger partial charge is 0.422 e. The molecule has 1 aliphatic heterocycles. The van der Waals surface area contributed by atoms with Gasteiger partial charge in [0.2, 0.25) is 5.90 Å². The molecule has 6 nitrogen and oxygen atoms in total. The molecule has 0 unspecified atom stereocenters. The van der Waals surface area contributed by atoms with Gasteiger partial charge in [0.05, 0.1) is 5.69 Å². The van der Waals surface area contributed by atoms with E-state index in [0.717, 1.165) is 25.3 Å². The number of hydrogen-bond donors (Lipinski definition) is 1. The number of alkyl halides is 6. The monoisotopic (exact) mass is 471 g/mol. The van der Waals surface area contributed by atoms with Crippen molar-refractivity contribution in [3.63, 3.8) is 0 Å². The first kappa shape index (κ1) is 24.7. The standard InChI is InChI=1S/C18H13F8N3O3/c1-29(13-4-2-10(19)6-12(13)20)16(30)28-14-5-3-11(31-8-17(21,22)23)7-15(27-14)32-9-18(24,25)26/h2-4,6-7H,8-9H2,1H3,(H,28,30). The molecule has 0 atom stereocenters. The van der Waals surface area contributed by atoms with E-state index in [4.69, 9.17) is 0 Å². The minimum atomic E-state index is -4.80. The van der Waals surface area contributed by atoms with Crippen LogP contribution >= 0.6 is 0 Å². The highest BCUT2D eigenvalue weighted by atomic mass is 19.4. The Morgan fingerprint density at radius 1 is 1.09 bits per heavy atom.